The van der Waals surface area contributed by atoms with E-state index in [0.29, 0.717) is 45.2 Å². The van der Waals surface area contributed by atoms with E-state index in [9.17, 15) is 8.42 Å². The average molecular weight is 429 g/mol. The Hall–Kier alpha value is -1.84. The number of benzene rings is 1. The quantitative estimate of drug-likeness (QED) is 0.283. The van der Waals surface area contributed by atoms with Gasteiger partial charge in [0.25, 0.3) is 0 Å². The topological polar surface area (TPSA) is 92.3 Å². The molecule has 0 spiro atoms. The zero-order chi connectivity index (χ0) is 21.7. The van der Waals surface area contributed by atoms with Crippen LogP contribution in [0.15, 0.2) is 23.2 Å². The summed E-state index contributed by atoms with van der Waals surface area (Å²) in [6.45, 7) is 6.63. The Morgan fingerprint density at radius 1 is 1.21 bits per heavy atom. The van der Waals surface area contributed by atoms with Crippen LogP contribution in [-0.2, 0) is 21.3 Å². The Morgan fingerprint density at radius 3 is 2.62 bits per heavy atom. The van der Waals surface area contributed by atoms with E-state index in [0.717, 1.165) is 23.3 Å². The third-order valence-electron chi connectivity index (χ3n) is 4.42. The Kier molecular flexibility index (Phi) is 11.6. The molecule has 2 N–H and O–H groups in total. The van der Waals surface area contributed by atoms with Gasteiger partial charge in [0.2, 0.25) is 10.0 Å². The fraction of sp³-hybridized carbons (Fsp3) is 0.650. The third kappa shape index (κ3) is 9.47. The maximum absolute atomic E-state index is 11.8. The van der Waals surface area contributed by atoms with E-state index >= 15 is 0 Å². The fourth-order valence-electron chi connectivity index (χ4n) is 2.60. The highest BCUT2D eigenvalue weighted by atomic mass is 32.2. The molecule has 0 aliphatic heterocycles. The molecule has 1 rings (SSSR count). The molecule has 0 heterocycles. The Morgan fingerprint density at radius 2 is 1.97 bits per heavy atom. The highest BCUT2D eigenvalue weighted by Crippen LogP contribution is 2.20. The summed E-state index contributed by atoms with van der Waals surface area (Å²) >= 11 is 0. The van der Waals surface area contributed by atoms with Gasteiger partial charge in [0, 0.05) is 59.4 Å². The van der Waals surface area contributed by atoms with Crippen molar-refractivity contribution in [3.63, 3.8) is 0 Å². The fourth-order valence-corrected chi connectivity index (χ4v) is 3.44. The van der Waals surface area contributed by atoms with Crippen molar-refractivity contribution in [2.45, 2.75) is 33.2 Å². The number of sulfonamides is 1. The van der Waals surface area contributed by atoms with Crippen molar-refractivity contribution in [1.29, 1.82) is 0 Å². The number of aryl methyl sites for hydroxylation is 1. The normalized spacial score (nSPS) is 12.3. The third-order valence-corrected chi connectivity index (χ3v) is 6.29. The Balaban J connectivity index is 2.49. The number of nitrogens with zero attached hydrogens (tertiary/aromatic N) is 2. The predicted molar refractivity (Wildman–Crippen MR) is 118 cm³/mol. The summed E-state index contributed by atoms with van der Waals surface area (Å²) < 4.78 is 35.9. The van der Waals surface area contributed by atoms with Crippen LogP contribution >= 0.6 is 0 Å². The molecule has 0 saturated heterocycles. The van der Waals surface area contributed by atoms with Gasteiger partial charge in [-0.3, -0.25) is 4.99 Å². The summed E-state index contributed by atoms with van der Waals surface area (Å²) in [5, 5.41) is 6.49. The first-order chi connectivity index (χ1) is 13.8. The molecule has 0 radical (unpaired) electrons. The summed E-state index contributed by atoms with van der Waals surface area (Å²) in [6, 6.07) is 6.13. The minimum absolute atomic E-state index is 0.118. The van der Waals surface area contributed by atoms with Crippen LogP contribution in [0.5, 0.6) is 5.75 Å². The molecule has 8 nitrogen and oxygen atoms in total. The highest BCUT2D eigenvalue weighted by Gasteiger charge is 2.14. The van der Waals surface area contributed by atoms with Gasteiger partial charge in [-0.1, -0.05) is 12.1 Å². The first-order valence-corrected chi connectivity index (χ1v) is 11.5. The van der Waals surface area contributed by atoms with Crippen molar-refractivity contribution in [2.24, 2.45) is 4.99 Å². The SMILES string of the molecule is CCS(=O)(=O)N(C)CCCNC(=NC)NCc1ccc(C)cc1OCCCOC. The molecule has 1 aromatic carbocycles. The minimum Gasteiger partial charge on any atom is -0.493 e. The van der Waals surface area contributed by atoms with Crippen LogP contribution < -0.4 is 15.4 Å². The van der Waals surface area contributed by atoms with Gasteiger partial charge in [0.15, 0.2) is 5.96 Å². The zero-order valence-corrected chi connectivity index (χ0v) is 19.1. The van der Waals surface area contributed by atoms with Crippen molar-refractivity contribution in [1.82, 2.24) is 14.9 Å². The standard InChI is InChI=1S/C20H36N4O4S/c1-6-29(25,26)24(4)12-7-11-22-20(21-3)23-16-18-10-9-17(2)15-19(18)28-14-8-13-27-5/h9-10,15H,6-8,11-14,16H2,1-5H3,(H2,21,22,23). The lowest BCUT2D eigenvalue weighted by molar-refractivity contribution is 0.171. The summed E-state index contributed by atoms with van der Waals surface area (Å²) in [5.74, 6) is 1.64. The molecule has 0 atom stereocenters. The number of guanidine groups is 1. The van der Waals surface area contributed by atoms with Gasteiger partial charge in [0.05, 0.1) is 12.4 Å². The van der Waals surface area contributed by atoms with E-state index in [2.05, 4.69) is 21.7 Å². The second-order valence-electron chi connectivity index (χ2n) is 6.73. The summed E-state index contributed by atoms with van der Waals surface area (Å²) in [4.78, 5) is 4.22. The molecule has 29 heavy (non-hydrogen) atoms. The van der Waals surface area contributed by atoms with E-state index in [-0.39, 0.29) is 5.75 Å². The van der Waals surface area contributed by atoms with Crippen molar-refractivity contribution in [2.75, 3.05) is 53.3 Å². The van der Waals surface area contributed by atoms with Crippen LogP contribution in [-0.4, -0.2) is 71.9 Å². The zero-order valence-electron chi connectivity index (χ0n) is 18.3. The van der Waals surface area contributed by atoms with E-state index in [4.69, 9.17) is 9.47 Å². The predicted octanol–water partition coefficient (Wildman–Crippen LogP) is 1.75. The van der Waals surface area contributed by atoms with Gasteiger partial charge in [0.1, 0.15) is 5.75 Å². The molecule has 0 unspecified atom stereocenters. The number of ether oxygens (including phenoxy) is 2. The molecule has 1 aromatic rings. The van der Waals surface area contributed by atoms with Gasteiger partial charge in [-0.25, -0.2) is 12.7 Å². The number of nitrogens with one attached hydrogen (secondary N) is 2. The largest absolute Gasteiger partial charge is 0.493 e. The number of hydrogen-bond donors (Lipinski definition) is 2. The molecule has 0 bridgehead atoms. The van der Waals surface area contributed by atoms with Gasteiger partial charge < -0.3 is 20.1 Å². The van der Waals surface area contributed by atoms with Gasteiger partial charge >= 0.3 is 0 Å². The first kappa shape index (κ1) is 25.2. The molecule has 0 saturated carbocycles. The molecule has 0 aromatic heterocycles. The lowest BCUT2D eigenvalue weighted by Gasteiger charge is -2.17. The minimum atomic E-state index is -3.13. The molecule has 0 fully saturated rings. The Bertz CT molecular complexity index is 738. The van der Waals surface area contributed by atoms with E-state index in [1.807, 2.05) is 19.1 Å². The van der Waals surface area contributed by atoms with Crippen molar-refractivity contribution >= 4 is 16.0 Å². The van der Waals surface area contributed by atoms with E-state index in [1.54, 1.807) is 28.1 Å². The molecular formula is C20H36N4O4S. The van der Waals surface area contributed by atoms with E-state index in [1.165, 1.54) is 4.31 Å². The highest BCUT2D eigenvalue weighted by molar-refractivity contribution is 7.89. The number of rotatable bonds is 13. The van der Waals surface area contributed by atoms with Crippen LogP contribution in [0.4, 0.5) is 0 Å². The van der Waals surface area contributed by atoms with Crippen LogP contribution in [0.25, 0.3) is 0 Å². The number of methoxy groups -OCH3 is 1. The number of aliphatic imine (C=N–C) groups is 1. The van der Waals surface area contributed by atoms with Gasteiger partial charge in [-0.2, -0.15) is 0 Å². The van der Waals surface area contributed by atoms with Crippen LogP contribution in [0.1, 0.15) is 30.9 Å². The van der Waals surface area contributed by atoms with Gasteiger partial charge in [-0.15, -0.1) is 0 Å². The molecule has 166 valence electrons. The van der Waals surface area contributed by atoms with Crippen LogP contribution in [0, 0.1) is 6.92 Å². The van der Waals surface area contributed by atoms with Gasteiger partial charge in [-0.05, 0) is 31.9 Å². The molecule has 0 amide bonds. The maximum Gasteiger partial charge on any atom is 0.213 e. The Labute approximate surface area is 175 Å². The van der Waals surface area contributed by atoms with Crippen molar-refractivity contribution in [3.8, 4) is 5.75 Å². The molecule has 0 aliphatic rings. The molecular weight excluding hydrogens is 392 g/mol. The lowest BCUT2D eigenvalue weighted by Crippen LogP contribution is -2.38. The second kappa shape index (κ2) is 13.4. The van der Waals surface area contributed by atoms with Crippen LogP contribution in [0.3, 0.4) is 0 Å². The summed E-state index contributed by atoms with van der Waals surface area (Å²) in [7, 11) is 1.87. The van der Waals surface area contributed by atoms with Crippen LogP contribution in [0.2, 0.25) is 0 Å². The molecule has 0 aliphatic carbocycles. The van der Waals surface area contributed by atoms with Crippen molar-refractivity contribution in [3.05, 3.63) is 29.3 Å². The van der Waals surface area contributed by atoms with Crippen molar-refractivity contribution < 1.29 is 17.9 Å². The average Bonchev–Trinajstić information content (AvgIpc) is 2.71. The number of hydrogen-bond acceptors (Lipinski definition) is 5. The second-order valence-corrected chi connectivity index (χ2v) is 9.10. The smallest absolute Gasteiger partial charge is 0.213 e. The summed E-state index contributed by atoms with van der Waals surface area (Å²) in [6.07, 6.45) is 1.53. The van der Waals surface area contributed by atoms with E-state index < -0.39 is 10.0 Å². The summed E-state index contributed by atoms with van der Waals surface area (Å²) in [5.41, 5.74) is 2.19. The molecule has 9 heteroatoms. The lowest BCUT2D eigenvalue weighted by atomic mass is 10.1. The monoisotopic (exact) mass is 428 g/mol. The first-order valence-electron chi connectivity index (χ1n) is 9.93. The maximum atomic E-state index is 11.8.